The van der Waals surface area contributed by atoms with E-state index in [2.05, 4.69) is 4.98 Å². The van der Waals surface area contributed by atoms with Crippen molar-refractivity contribution in [3.63, 3.8) is 0 Å². The fourth-order valence-corrected chi connectivity index (χ4v) is 4.01. The summed E-state index contributed by atoms with van der Waals surface area (Å²) in [5, 5.41) is 0.903. The number of hydrogen-bond donors (Lipinski definition) is 0. The maximum absolute atomic E-state index is 12.7. The quantitative estimate of drug-likeness (QED) is 0.818. The lowest BCUT2D eigenvalue weighted by Crippen LogP contribution is -2.31. The van der Waals surface area contributed by atoms with Gasteiger partial charge in [0.1, 0.15) is 9.88 Å². The van der Waals surface area contributed by atoms with Crippen LogP contribution >= 0.6 is 11.3 Å². The van der Waals surface area contributed by atoms with Gasteiger partial charge in [-0.3, -0.25) is 4.79 Å². The molecule has 128 valence electrons. The molecule has 1 saturated heterocycles. The van der Waals surface area contributed by atoms with Gasteiger partial charge in [-0.15, -0.1) is 11.3 Å². The summed E-state index contributed by atoms with van der Waals surface area (Å²) in [5.41, 5.74) is 1.87. The highest BCUT2D eigenvalue weighted by atomic mass is 32.1. The maximum atomic E-state index is 12.7. The van der Waals surface area contributed by atoms with Crippen molar-refractivity contribution >= 4 is 17.2 Å². The third-order valence-electron chi connectivity index (χ3n) is 4.42. The van der Waals surface area contributed by atoms with Crippen LogP contribution in [0.2, 0.25) is 0 Å². The Bertz CT molecular complexity index is 678. The molecular weight excluding hydrogens is 320 g/mol. The summed E-state index contributed by atoms with van der Waals surface area (Å²) < 4.78 is 5.75. The Labute approximate surface area is 147 Å². The van der Waals surface area contributed by atoms with E-state index < -0.39 is 0 Å². The van der Waals surface area contributed by atoms with Crippen LogP contribution in [0.1, 0.15) is 41.0 Å². The lowest BCUT2D eigenvalue weighted by atomic mass is 10.1. The first-order valence-electron chi connectivity index (χ1n) is 8.55. The van der Waals surface area contributed by atoms with Crippen molar-refractivity contribution < 1.29 is 9.53 Å². The lowest BCUT2D eigenvalue weighted by Gasteiger charge is -2.25. The summed E-state index contributed by atoms with van der Waals surface area (Å²) in [6.07, 6.45) is 4.71. The molecule has 0 radical (unpaired) electrons. The molecule has 0 aliphatic carbocycles. The van der Waals surface area contributed by atoms with E-state index in [1.807, 2.05) is 44.3 Å². The minimum atomic E-state index is 0.0583. The summed E-state index contributed by atoms with van der Waals surface area (Å²) >= 11 is 1.48. The fourth-order valence-electron chi connectivity index (χ4n) is 2.95. The van der Waals surface area contributed by atoms with Crippen LogP contribution in [-0.2, 0) is 4.74 Å². The Kier molecular flexibility index (Phi) is 5.63. The van der Waals surface area contributed by atoms with Gasteiger partial charge in [-0.2, -0.15) is 0 Å². The fraction of sp³-hybridized carbons (Fsp3) is 0.474. The second-order valence-corrected chi connectivity index (χ2v) is 7.30. The molecule has 1 atom stereocenters. The number of aryl methyl sites for hydroxylation is 1. The molecule has 1 aliphatic rings. The average molecular weight is 344 g/mol. The highest BCUT2D eigenvalue weighted by Gasteiger charge is 2.21. The molecule has 1 aromatic carbocycles. The number of carbonyl (C=O) groups excluding carboxylic acids is 1. The minimum absolute atomic E-state index is 0.0583. The van der Waals surface area contributed by atoms with Crippen molar-refractivity contribution in [3.8, 4) is 10.6 Å². The summed E-state index contributed by atoms with van der Waals surface area (Å²) in [4.78, 5) is 19.9. The maximum Gasteiger partial charge on any atom is 0.265 e. The van der Waals surface area contributed by atoms with E-state index in [1.165, 1.54) is 17.8 Å². The molecule has 1 aromatic heterocycles. The molecule has 2 heterocycles. The standard InChI is InChI=1S/C19H24N2O2S/c1-14-17(24-18(20-14)15-8-4-3-5-9-15)19(22)21(2)12-11-16-10-6-7-13-23-16/h3-5,8-9,16H,6-7,10-13H2,1-2H3. The van der Waals surface area contributed by atoms with E-state index in [1.54, 1.807) is 4.90 Å². The van der Waals surface area contributed by atoms with Gasteiger partial charge in [0.25, 0.3) is 5.91 Å². The second kappa shape index (κ2) is 7.90. The summed E-state index contributed by atoms with van der Waals surface area (Å²) in [6, 6.07) is 10.0. The van der Waals surface area contributed by atoms with Crippen LogP contribution in [0.5, 0.6) is 0 Å². The van der Waals surface area contributed by atoms with Gasteiger partial charge in [0.15, 0.2) is 0 Å². The predicted molar refractivity (Wildman–Crippen MR) is 97.5 cm³/mol. The van der Waals surface area contributed by atoms with Crippen molar-refractivity contribution in [1.29, 1.82) is 0 Å². The minimum Gasteiger partial charge on any atom is -0.378 e. The summed E-state index contributed by atoms with van der Waals surface area (Å²) in [5.74, 6) is 0.0583. The molecule has 5 heteroatoms. The van der Waals surface area contributed by atoms with Gasteiger partial charge in [-0.05, 0) is 32.6 Å². The third kappa shape index (κ3) is 4.02. The van der Waals surface area contributed by atoms with Gasteiger partial charge in [-0.25, -0.2) is 4.98 Å². The number of benzene rings is 1. The number of aromatic nitrogens is 1. The lowest BCUT2D eigenvalue weighted by molar-refractivity contribution is 0.00711. The number of carbonyl (C=O) groups is 1. The topological polar surface area (TPSA) is 42.4 Å². The smallest absolute Gasteiger partial charge is 0.265 e. The third-order valence-corrected chi connectivity index (χ3v) is 5.61. The highest BCUT2D eigenvalue weighted by molar-refractivity contribution is 7.17. The largest absolute Gasteiger partial charge is 0.378 e. The van der Waals surface area contributed by atoms with Crippen LogP contribution in [0, 0.1) is 6.92 Å². The Morgan fingerprint density at radius 2 is 2.12 bits per heavy atom. The van der Waals surface area contributed by atoms with Crippen LogP contribution in [0.4, 0.5) is 0 Å². The second-order valence-electron chi connectivity index (χ2n) is 6.30. The van der Waals surface area contributed by atoms with Crippen LogP contribution in [0.25, 0.3) is 10.6 Å². The molecule has 4 nitrogen and oxygen atoms in total. The van der Waals surface area contributed by atoms with Crippen molar-refractivity contribution in [1.82, 2.24) is 9.88 Å². The molecule has 1 unspecified atom stereocenters. The molecule has 1 fully saturated rings. The summed E-state index contributed by atoms with van der Waals surface area (Å²) in [6.45, 7) is 3.49. The summed E-state index contributed by atoms with van der Waals surface area (Å²) in [7, 11) is 1.87. The number of hydrogen-bond acceptors (Lipinski definition) is 4. The number of nitrogens with zero attached hydrogens (tertiary/aromatic N) is 2. The molecule has 0 bridgehead atoms. The van der Waals surface area contributed by atoms with Crippen LogP contribution < -0.4 is 0 Å². The average Bonchev–Trinajstić information content (AvgIpc) is 3.02. The molecule has 24 heavy (non-hydrogen) atoms. The molecule has 0 spiro atoms. The Morgan fingerprint density at radius 1 is 1.33 bits per heavy atom. The van der Waals surface area contributed by atoms with E-state index in [0.29, 0.717) is 6.10 Å². The first-order valence-corrected chi connectivity index (χ1v) is 9.36. The molecule has 1 aliphatic heterocycles. The number of thiazole rings is 1. The van der Waals surface area contributed by atoms with E-state index in [-0.39, 0.29) is 5.91 Å². The SMILES string of the molecule is Cc1nc(-c2ccccc2)sc1C(=O)N(C)CCC1CCCCO1. The van der Waals surface area contributed by atoms with Crippen molar-refractivity contribution in [2.24, 2.45) is 0 Å². The van der Waals surface area contributed by atoms with Crippen LogP contribution in [-0.4, -0.2) is 42.1 Å². The van der Waals surface area contributed by atoms with Gasteiger partial charge >= 0.3 is 0 Å². The van der Waals surface area contributed by atoms with Crippen molar-refractivity contribution in [2.75, 3.05) is 20.2 Å². The number of amides is 1. The van der Waals surface area contributed by atoms with Gasteiger partial charge < -0.3 is 9.64 Å². The van der Waals surface area contributed by atoms with Crippen molar-refractivity contribution in [3.05, 3.63) is 40.9 Å². The van der Waals surface area contributed by atoms with E-state index in [4.69, 9.17) is 4.74 Å². The van der Waals surface area contributed by atoms with Gasteiger partial charge in [0.2, 0.25) is 0 Å². The zero-order chi connectivity index (χ0) is 16.9. The zero-order valence-corrected chi connectivity index (χ0v) is 15.1. The van der Waals surface area contributed by atoms with Crippen molar-refractivity contribution in [2.45, 2.75) is 38.7 Å². The van der Waals surface area contributed by atoms with Crippen LogP contribution in [0.3, 0.4) is 0 Å². The Hall–Kier alpha value is -1.72. The van der Waals surface area contributed by atoms with E-state index in [0.717, 1.165) is 53.6 Å². The first-order chi connectivity index (χ1) is 11.6. The van der Waals surface area contributed by atoms with Gasteiger partial charge in [0.05, 0.1) is 11.8 Å². The molecule has 2 aromatic rings. The number of rotatable bonds is 5. The number of ether oxygens (including phenoxy) is 1. The monoisotopic (exact) mass is 344 g/mol. The van der Waals surface area contributed by atoms with E-state index >= 15 is 0 Å². The Balaban J connectivity index is 1.64. The molecular formula is C19H24N2O2S. The first kappa shape index (κ1) is 17.1. The molecule has 1 amide bonds. The van der Waals surface area contributed by atoms with E-state index in [9.17, 15) is 4.79 Å². The van der Waals surface area contributed by atoms with Crippen LogP contribution in [0.15, 0.2) is 30.3 Å². The van der Waals surface area contributed by atoms with Gasteiger partial charge in [-0.1, -0.05) is 30.3 Å². The Morgan fingerprint density at radius 3 is 2.83 bits per heavy atom. The molecule has 0 saturated carbocycles. The normalized spacial score (nSPS) is 17.7. The molecule has 0 N–H and O–H groups in total. The predicted octanol–water partition coefficient (Wildman–Crippen LogP) is 4.15. The highest BCUT2D eigenvalue weighted by Crippen LogP contribution is 2.28. The molecule has 3 rings (SSSR count). The van der Waals surface area contributed by atoms with Gasteiger partial charge in [0, 0.05) is 25.8 Å². The zero-order valence-electron chi connectivity index (χ0n) is 14.3.